The molecule has 25 heavy (non-hydrogen) atoms. The quantitative estimate of drug-likeness (QED) is 0.798. The van der Waals surface area contributed by atoms with Crippen LogP contribution in [0.4, 0.5) is 0 Å². The number of carbonyl (C=O) groups is 1. The molecule has 1 saturated heterocycles. The molecule has 1 N–H and O–H groups in total. The first-order chi connectivity index (χ1) is 12.2. The molecule has 1 fully saturated rings. The van der Waals surface area contributed by atoms with Gasteiger partial charge in [0.25, 0.3) is 11.5 Å². The van der Waals surface area contributed by atoms with Gasteiger partial charge in [0, 0.05) is 24.5 Å². The molecule has 6 nitrogen and oxygen atoms in total. The summed E-state index contributed by atoms with van der Waals surface area (Å²) in [5.41, 5.74) is 0.633. The van der Waals surface area contributed by atoms with E-state index in [1.807, 2.05) is 46.1 Å². The second kappa shape index (κ2) is 6.55. The number of piperidine rings is 1. The Morgan fingerprint density at radius 1 is 1.24 bits per heavy atom. The topological polar surface area (TPSA) is 71.0 Å². The molecule has 1 aromatic carbocycles. The van der Waals surface area contributed by atoms with Gasteiger partial charge in [-0.15, -0.1) is 0 Å². The van der Waals surface area contributed by atoms with E-state index in [-0.39, 0.29) is 23.1 Å². The first-order valence-electron chi connectivity index (χ1n) is 8.63. The lowest BCUT2D eigenvalue weighted by atomic mass is 10.0. The highest BCUT2D eigenvalue weighted by Gasteiger charge is 2.29. The minimum atomic E-state index is -0.327. The van der Waals surface area contributed by atoms with E-state index < -0.39 is 0 Å². The van der Waals surface area contributed by atoms with E-state index in [9.17, 15) is 9.59 Å². The standard InChI is InChI=1S/C19H20N4O2/c24-18-16(12-14-6-1-2-8-17(14)21-18)19(25)23-11-4-3-7-15(23)13-22-10-5-9-20-22/h1-2,5-6,8-10,12,15H,3-4,7,11,13H2,(H,21,24)/t15-/m0/s1. The van der Waals surface area contributed by atoms with Crippen LogP contribution in [0.15, 0.2) is 53.6 Å². The molecule has 3 heterocycles. The summed E-state index contributed by atoms with van der Waals surface area (Å²) in [4.78, 5) is 30.2. The Balaban J connectivity index is 1.66. The predicted octanol–water partition coefficient (Wildman–Crippen LogP) is 2.42. The highest BCUT2D eigenvalue weighted by molar-refractivity contribution is 5.97. The number of amides is 1. The Bertz CT molecular complexity index is 945. The van der Waals surface area contributed by atoms with Crippen molar-refractivity contribution in [1.29, 1.82) is 0 Å². The van der Waals surface area contributed by atoms with Gasteiger partial charge >= 0.3 is 0 Å². The van der Waals surface area contributed by atoms with Gasteiger partial charge in [0.15, 0.2) is 0 Å². The molecule has 128 valence electrons. The number of rotatable bonds is 3. The van der Waals surface area contributed by atoms with Crippen LogP contribution < -0.4 is 5.56 Å². The summed E-state index contributed by atoms with van der Waals surface area (Å²) in [6.07, 6.45) is 6.62. The van der Waals surface area contributed by atoms with E-state index in [0.717, 1.165) is 30.2 Å². The van der Waals surface area contributed by atoms with E-state index in [2.05, 4.69) is 10.1 Å². The average molecular weight is 336 g/mol. The number of nitrogens with zero attached hydrogens (tertiary/aromatic N) is 3. The van der Waals surface area contributed by atoms with Gasteiger partial charge in [-0.3, -0.25) is 14.3 Å². The van der Waals surface area contributed by atoms with Crippen molar-refractivity contribution in [2.45, 2.75) is 31.8 Å². The third kappa shape index (κ3) is 3.07. The number of aromatic nitrogens is 3. The lowest BCUT2D eigenvalue weighted by molar-refractivity contribution is 0.0582. The van der Waals surface area contributed by atoms with Gasteiger partial charge < -0.3 is 9.88 Å². The Kier molecular flexibility index (Phi) is 4.09. The summed E-state index contributed by atoms with van der Waals surface area (Å²) in [5.74, 6) is -0.191. The van der Waals surface area contributed by atoms with Crippen molar-refractivity contribution in [2.75, 3.05) is 6.54 Å². The Morgan fingerprint density at radius 3 is 2.96 bits per heavy atom. The fraction of sp³-hybridized carbons (Fsp3) is 0.316. The normalized spacial score (nSPS) is 17.8. The number of hydrogen-bond donors (Lipinski definition) is 1. The van der Waals surface area contributed by atoms with E-state index in [0.29, 0.717) is 13.1 Å². The molecule has 0 radical (unpaired) electrons. The minimum Gasteiger partial charge on any atom is -0.334 e. The number of nitrogens with one attached hydrogen (secondary N) is 1. The molecular weight excluding hydrogens is 316 g/mol. The molecule has 0 spiro atoms. The zero-order valence-electron chi connectivity index (χ0n) is 13.9. The summed E-state index contributed by atoms with van der Waals surface area (Å²) in [6, 6.07) is 11.2. The van der Waals surface area contributed by atoms with Gasteiger partial charge in [0.1, 0.15) is 5.56 Å². The largest absolute Gasteiger partial charge is 0.334 e. The third-order valence-electron chi connectivity index (χ3n) is 4.83. The average Bonchev–Trinajstić information content (AvgIpc) is 3.14. The maximum absolute atomic E-state index is 13.1. The number of benzene rings is 1. The number of carbonyl (C=O) groups excluding carboxylic acids is 1. The van der Waals surface area contributed by atoms with Crippen molar-refractivity contribution in [3.63, 3.8) is 0 Å². The summed E-state index contributed by atoms with van der Waals surface area (Å²) >= 11 is 0. The molecule has 0 bridgehead atoms. The van der Waals surface area contributed by atoms with E-state index in [1.54, 1.807) is 12.3 Å². The molecule has 0 aliphatic carbocycles. The predicted molar refractivity (Wildman–Crippen MR) is 95.5 cm³/mol. The number of fused-ring (bicyclic) bond motifs is 1. The number of para-hydroxylation sites is 1. The lowest BCUT2D eigenvalue weighted by Crippen LogP contribution is -2.47. The molecule has 1 amide bonds. The molecule has 6 heteroatoms. The summed E-state index contributed by atoms with van der Waals surface area (Å²) in [5, 5.41) is 5.11. The van der Waals surface area contributed by atoms with Crippen molar-refractivity contribution in [3.8, 4) is 0 Å². The van der Waals surface area contributed by atoms with Crippen LogP contribution in [0.3, 0.4) is 0 Å². The van der Waals surface area contributed by atoms with Gasteiger partial charge in [0.05, 0.1) is 12.6 Å². The monoisotopic (exact) mass is 336 g/mol. The fourth-order valence-corrected chi connectivity index (χ4v) is 3.54. The van der Waals surface area contributed by atoms with Crippen molar-refractivity contribution < 1.29 is 4.79 Å². The smallest absolute Gasteiger partial charge is 0.261 e. The van der Waals surface area contributed by atoms with Crippen LogP contribution in [0.5, 0.6) is 0 Å². The van der Waals surface area contributed by atoms with Crippen molar-refractivity contribution in [1.82, 2.24) is 19.7 Å². The zero-order valence-corrected chi connectivity index (χ0v) is 13.9. The van der Waals surface area contributed by atoms with Crippen molar-refractivity contribution in [3.05, 3.63) is 64.7 Å². The number of H-pyrrole nitrogens is 1. The third-order valence-corrected chi connectivity index (χ3v) is 4.83. The van der Waals surface area contributed by atoms with Crippen LogP contribution in [0, 0.1) is 0 Å². The second-order valence-corrected chi connectivity index (χ2v) is 6.48. The minimum absolute atomic E-state index is 0.0621. The van der Waals surface area contributed by atoms with Crippen LogP contribution >= 0.6 is 0 Å². The van der Waals surface area contributed by atoms with Crippen LogP contribution in [-0.2, 0) is 6.54 Å². The van der Waals surface area contributed by atoms with E-state index in [1.165, 1.54) is 0 Å². The highest BCUT2D eigenvalue weighted by Crippen LogP contribution is 2.21. The molecule has 0 unspecified atom stereocenters. The van der Waals surface area contributed by atoms with Crippen LogP contribution in [-0.4, -0.2) is 38.2 Å². The first-order valence-corrected chi connectivity index (χ1v) is 8.63. The Labute approximate surface area is 145 Å². The van der Waals surface area contributed by atoms with Crippen LogP contribution in [0.2, 0.25) is 0 Å². The summed E-state index contributed by atoms with van der Waals surface area (Å²) < 4.78 is 1.85. The fourth-order valence-electron chi connectivity index (χ4n) is 3.54. The van der Waals surface area contributed by atoms with E-state index in [4.69, 9.17) is 0 Å². The van der Waals surface area contributed by atoms with Gasteiger partial charge in [-0.25, -0.2) is 0 Å². The molecule has 1 aliphatic heterocycles. The molecule has 1 aliphatic rings. The Morgan fingerprint density at radius 2 is 2.12 bits per heavy atom. The summed E-state index contributed by atoms with van der Waals surface area (Å²) in [7, 11) is 0. The van der Waals surface area contributed by atoms with Crippen LogP contribution in [0.1, 0.15) is 29.6 Å². The maximum atomic E-state index is 13.1. The molecule has 4 rings (SSSR count). The first kappa shape index (κ1) is 15.6. The van der Waals surface area contributed by atoms with Gasteiger partial charge in [-0.05, 0) is 42.8 Å². The lowest BCUT2D eigenvalue weighted by Gasteiger charge is -2.35. The second-order valence-electron chi connectivity index (χ2n) is 6.48. The van der Waals surface area contributed by atoms with Gasteiger partial charge in [-0.1, -0.05) is 18.2 Å². The van der Waals surface area contributed by atoms with Crippen LogP contribution in [0.25, 0.3) is 10.9 Å². The number of likely N-dealkylation sites (tertiary alicyclic amines) is 1. The number of hydrogen-bond acceptors (Lipinski definition) is 3. The number of pyridine rings is 1. The van der Waals surface area contributed by atoms with Crippen molar-refractivity contribution in [2.24, 2.45) is 0 Å². The Hall–Kier alpha value is -2.89. The van der Waals surface area contributed by atoms with Crippen molar-refractivity contribution >= 4 is 16.8 Å². The van der Waals surface area contributed by atoms with Gasteiger partial charge in [0.2, 0.25) is 0 Å². The van der Waals surface area contributed by atoms with Gasteiger partial charge in [-0.2, -0.15) is 5.10 Å². The molecule has 3 aromatic rings. The highest BCUT2D eigenvalue weighted by atomic mass is 16.2. The molecule has 1 atom stereocenters. The molecular formula is C19H20N4O2. The van der Waals surface area contributed by atoms with E-state index >= 15 is 0 Å². The molecule has 0 saturated carbocycles. The summed E-state index contributed by atoms with van der Waals surface area (Å²) in [6.45, 7) is 1.33. The zero-order chi connectivity index (χ0) is 17.2. The SMILES string of the molecule is O=C(c1cc2ccccc2[nH]c1=O)N1CCCC[C@H]1Cn1cccn1. The number of aromatic amines is 1. The maximum Gasteiger partial charge on any atom is 0.261 e. The molecule has 2 aromatic heterocycles.